The third-order valence-electron chi connectivity index (χ3n) is 5.32. The number of aromatic carboxylic acids is 1. The summed E-state index contributed by atoms with van der Waals surface area (Å²) in [6.45, 7) is 2.57. The Hall–Kier alpha value is -3.75. The molecule has 9 heteroatoms. The largest absolute Gasteiger partial charge is 0.497 e. The van der Waals surface area contributed by atoms with E-state index >= 15 is 0 Å². The van der Waals surface area contributed by atoms with Crippen LogP contribution < -0.4 is 9.47 Å². The summed E-state index contributed by atoms with van der Waals surface area (Å²) in [6, 6.07) is 19.1. The van der Waals surface area contributed by atoms with E-state index in [1.54, 1.807) is 48.4 Å². The molecule has 3 aromatic rings. The maximum atomic E-state index is 13.0. The summed E-state index contributed by atoms with van der Waals surface area (Å²) in [6.07, 6.45) is 1.78. The van der Waals surface area contributed by atoms with Gasteiger partial charge in [-0.3, -0.25) is 9.69 Å². The molecule has 1 saturated heterocycles. The number of thioether (sulfide) groups is 1. The Morgan fingerprint density at radius 3 is 2.58 bits per heavy atom. The quantitative estimate of drug-likeness (QED) is 0.352. The summed E-state index contributed by atoms with van der Waals surface area (Å²) in [5.74, 6) is 0.0805. The maximum Gasteiger partial charge on any atom is 0.335 e. The van der Waals surface area contributed by atoms with Crippen molar-refractivity contribution >= 4 is 52.2 Å². The lowest BCUT2D eigenvalue weighted by atomic mass is 10.1. The minimum atomic E-state index is -0.995. The Bertz CT molecular complexity index is 1350. The molecule has 1 aliphatic rings. The second-order valence-electron chi connectivity index (χ2n) is 7.74. The van der Waals surface area contributed by atoms with Crippen LogP contribution in [0.4, 0.5) is 5.69 Å². The maximum absolute atomic E-state index is 13.0. The number of amides is 1. The number of benzene rings is 3. The van der Waals surface area contributed by atoms with Gasteiger partial charge in [-0.1, -0.05) is 29.8 Å². The SMILES string of the molecule is CCN1C(=O)/C(=C\c2ccc(OCc3cccc(C(=O)O)c3)c(Cl)c2)SC1=Nc1ccc(OC)cc1. The van der Waals surface area contributed by atoms with Gasteiger partial charge in [0.25, 0.3) is 5.91 Å². The van der Waals surface area contributed by atoms with Crippen LogP contribution in [0, 0.1) is 0 Å². The monoisotopic (exact) mass is 522 g/mol. The molecule has 0 saturated carbocycles. The van der Waals surface area contributed by atoms with E-state index in [-0.39, 0.29) is 18.1 Å². The molecule has 0 atom stereocenters. The molecule has 1 aliphatic heterocycles. The van der Waals surface area contributed by atoms with Crippen LogP contribution in [0.5, 0.6) is 11.5 Å². The van der Waals surface area contributed by atoms with Gasteiger partial charge in [0.05, 0.1) is 28.3 Å². The van der Waals surface area contributed by atoms with E-state index in [4.69, 9.17) is 26.2 Å². The van der Waals surface area contributed by atoms with Crippen LogP contribution in [0.25, 0.3) is 6.08 Å². The van der Waals surface area contributed by atoms with Gasteiger partial charge in [-0.15, -0.1) is 0 Å². The second-order valence-corrected chi connectivity index (χ2v) is 9.15. The average Bonchev–Trinajstić information content (AvgIpc) is 3.17. The van der Waals surface area contributed by atoms with Crippen molar-refractivity contribution in [1.29, 1.82) is 0 Å². The van der Waals surface area contributed by atoms with Gasteiger partial charge in [0.15, 0.2) is 5.17 Å². The molecule has 36 heavy (non-hydrogen) atoms. The Morgan fingerprint density at radius 2 is 1.92 bits per heavy atom. The molecule has 1 heterocycles. The van der Waals surface area contributed by atoms with Crippen molar-refractivity contribution in [3.8, 4) is 11.5 Å². The van der Waals surface area contributed by atoms with E-state index < -0.39 is 5.97 Å². The first-order chi connectivity index (χ1) is 17.4. The van der Waals surface area contributed by atoms with Crippen LogP contribution in [0.2, 0.25) is 5.02 Å². The van der Waals surface area contributed by atoms with Crippen molar-refractivity contribution in [2.24, 2.45) is 4.99 Å². The highest BCUT2D eigenvalue weighted by Gasteiger charge is 2.32. The van der Waals surface area contributed by atoms with Gasteiger partial charge in [0, 0.05) is 6.54 Å². The Morgan fingerprint density at radius 1 is 1.14 bits per heavy atom. The second kappa shape index (κ2) is 11.3. The summed E-state index contributed by atoms with van der Waals surface area (Å²) in [4.78, 5) is 30.9. The summed E-state index contributed by atoms with van der Waals surface area (Å²) < 4.78 is 11.0. The summed E-state index contributed by atoms with van der Waals surface area (Å²) >= 11 is 7.74. The molecule has 0 unspecified atom stereocenters. The van der Waals surface area contributed by atoms with Gasteiger partial charge in [-0.2, -0.15) is 0 Å². The predicted molar refractivity (Wildman–Crippen MR) is 142 cm³/mol. The number of methoxy groups -OCH3 is 1. The van der Waals surface area contributed by atoms with Gasteiger partial charge >= 0.3 is 5.97 Å². The van der Waals surface area contributed by atoms with Crippen molar-refractivity contribution < 1.29 is 24.2 Å². The number of aliphatic imine (C=N–C) groups is 1. The normalized spacial score (nSPS) is 15.5. The third-order valence-corrected chi connectivity index (χ3v) is 6.63. The van der Waals surface area contributed by atoms with E-state index in [9.17, 15) is 9.59 Å². The first-order valence-electron chi connectivity index (χ1n) is 11.1. The first-order valence-corrected chi connectivity index (χ1v) is 12.3. The van der Waals surface area contributed by atoms with Gasteiger partial charge in [0.1, 0.15) is 18.1 Å². The van der Waals surface area contributed by atoms with Crippen molar-refractivity contribution in [2.45, 2.75) is 13.5 Å². The fourth-order valence-corrected chi connectivity index (χ4v) is 4.77. The summed E-state index contributed by atoms with van der Waals surface area (Å²) in [5, 5.41) is 10.1. The highest BCUT2D eigenvalue weighted by molar-refractivity contribution is 8.18. The molecule has 3 aromatic carbocycles. The molecule has 7 nitrogen and oxygen atoms in total. The standard InChI is InChI=1S/C27H23ClN2O5S/c1-3-30-25(31)24(36-27(30)29-20-8-10-21(34-2)11-9-20)15-17-7-12-23(22(28)14-17)35-16-18-5-4-6-19(13-18)26(32)33/h4-15H,3,16H2,1-2H3,(H,32,33)/b24-15+,29-27?. The zero-order chi connectivity index (χ0) is 25.7. The molecule has 4 rings (SSSR count). The lowest BCUT2D eigenvalue weighted by Gasteiger charge is -2.12. The van der Waals surface area contributed by atoms with E-state index in [0.29, 0.717) is 33.0 Å². The van der Waals surface area contributed by atoms with Gasteiger partial charge in [-0.05, 0) is 84.4 Å². The van der Waals surface area contributed by atoms with E-state index in [0.717, 1.165) is 17.0 Å². The fourth-order valence-electron chi connectivity index (χ4n) is 3.47. The Balaban J connectivity index is 1.49. The van der Waals surface area contributed by atoms with Crippen molar-refractivity contribution in [2.75, 3.05) is 13.7 Å². The smallest absolute Gasteiger partial charge is 0.335 e. The van der Waals surface area contributed by atoms with Gasteiger partial charge < -0.3 is 14.6 Å². The van der Waals surface area contributed by atoms with Crippen LogP contribution >= 0.6 is 23.4 Å². The molecule has 1 amide bonds. The molecule has 0 aliphatic carbocycles. The van der Waals surface area contributed by atoms with Crippen LogP contribution in [-0.2, 0) is 11.4 Å². The summed E-state index contributed by atoms with van der Waals surface area (Å²) in [7, 11) is 1.60. The molecule has 1 N–H and O–H groups in total. The number of carboxylic acids is 1. The van der Waals surface area contributed by atoms with Crippen molar-refractivity contribution in [3.63, 3.8) is 0 Å². The summed E-state index contributed by atoms with van der Waals surface area (Å²) in [5.41, 5.74) is 2.38. The lowest BCUT2D eigenvalue weighted by molar-refractivity contribution is -0.122. The molecule has 0 spiro atoms. The number of hydrogen-bond acceptors (Lipinski definition) is 6. The Labute approximate surface area is 218 Å². The highest BCUT2D eigenvalue weighted by atomic mass is 35.5. The fraction of sp³-hybridized carbons (Fsp3) is 0.148. The number of likely N-dealkylation sites (N-methyl/N-ethyl adjacent to an activating group) is 1. The third kappa shape index (κ3) is 5.90. The molecule has 0 radical (unpaired) electrons. The number of amidine groups is 1. The number of hydrogen-bond donors (Lipinski definition) is 1. The number of carbonyl (C=O) groups is 2. The molecule has 0 aromatic heterocycles. The van der Waals surface area contributed by atoms with Gasteiger partial charge in [-0.25, -0.2) is 9.79 Å². The zero-order valence-electron chi connectivity index (χ0n) is 19.6. The number of halogens is 1. The zero-order valence-corrected chi connectivity index (χ0v) is 21.2. The first kappa shape index (κ1) is 25.3. The van der Waals surface area contributed by atoms with Crippen LogP contribution in [0.3, 0.4) is 0 Å². The van der Waals surface area contributed by atoms with E-state index in [1.165, 1.54) is 17.8 Å². The molecule has 184 valence electrons. The Kier molecular flexibility index (Phi) is 7.97. The number of rotatable bonds is 8. The number of nitrogens with zero attached hydrogens (tertiary/aromatic N) is 2. The van der Waals surface area contributed by atoms with E-state index in [1.807, 2.05) is 37.3 Å². The topological polar surface area (TPSA) is 88.4 Å². The van der Waals surface area contributed by atoms with Crippen molar-refractivity contribution in [1.82, 2.24) is 4.90 Å². The lowest BCUT2D eigenvalue weighted by Crippen LogP contribution is -2.28. The number of ether oxygens (including phenoxy) is 2. The number of carboxylic acid groups (broad SMARTS) is 1. The van der Waals surface area contributed by atoms with Crippen LogP contribution in [0.15, 0.2) is 76.6 Å². The highest BCUT2D eigenvalue weighted by Crippen LogP contribution is 2.35. The molecule has 0 bridgehead atoms. The van der Waals surface area contributed by atoms with Crippen LogP contribution in [0.1, 0.15) is 28.4 Å². The number of carbonyl (C=O) groups excluding carboxylic acids is 1. The molecular weight excluding hydrogens is 500 g/mol. The van der Waals surface area contributed by atoms with Gasteiger partial charge in [0.2, 0.25) is 0 Å². The minimum Gasteiger partial charge on any atom is -0.497 e. The van der Waals surface area contributed by atoms with E-state index in [2.05, 4.69) is 4.99 Å². The minimum absolute atomic E-state index is 0.121. The predicted octanol–water partition coefficient (Wildman–Crippen LogP) is 6.25. The molecular formula is C27H23ClN2O5S. The molecule has 1 fully saturated rings. The van der Waals surface area contributed by atoms with Crippen LogP contribution in [-0.4, -0.2) is 40.7 Å². The van der Waals surface area contributed by atoms with Crippen molar-refractivity contribution in [3.05, 3.63) is 93.3 Å². The average molecular weight is 523 g/mol.